The predicted octanol–water partition coefficient (Wildman–Crippen LogP) is 4.01. The molecule has 0 saturated heterocycles. The molecule has 0 unspecified atom stereocenters. The summed E-state index contributed by atoms with van der Waals surface area (Å²) in [5, 5.41) is 0.419. The number of carbonyl (C=O) groups excluding carboxylic acids is 1. The molecule has 122 valence electrons. The topological polar surface area (TPSA) is 38.8 Å². The monoisotopic (exact) mass is 325 g/mol. The molecule has 0 atom stereocenters. The molecule has 5 heteroatoms. The third-order valence-corrected chi connectivity index (χ3v) is 3.86. The molecule has 0 aliphatic heterocycles. The average molecular weight is 326 g/mol. The Morgan fingerprint density at radius 1 is 1.32 bits per heavy atom. The summed E-state index contributed by atoms with van der Waals surface area (Å²) in [6.07, 6.45) is 3.31. The molecule has 0 bridgehead atoms. The molecule has 1 aromatic carbocycles. The van der Waals surface area contributed by atoms with Crippen molar-refractivity contribution in [3.63, 3.8) is 0 Å². The van der Waals surface area contributed by atoms with Crippen molar-refractivity contribution in [3.05, 3.63) is 22.7 Å². The largest absolute Gasteiger partial charge is 0.490 e. The van der Waals surface area contributed by atoms with Gasteiger partial charge in [-0.1, -0.05) is 18.5 Å². The Hall–Kier alpha value is -1.42. The summed E-state index contributed by atoms with van der Waals surface area (Å²) in [5.74, 6) is 1.68. The van der Waals surface area contributed by atoms with Crippen LogP contribution in [0.25, 0.3) is 0 Å². The van der Waals surface area contributed by atoms with E-state index in [0.29, 0.717) is 41.2 Å². The molecule has 1 aromatic rings. The van der Waals surface area contributed by atoms with Crippen molar-refractivity contribution in [2.24, 2.45) is 5.92 Å². The summed E-state index contributed by atoms with van der Waals surface area (Å²) < 4.78 is 11.3. The molecule has 1 amide bonds. The molecule has 1 saturated carbocycles. The second kappa shape index (κ2) is 7.73. The van der Waals surface area contributed by atoms with Crippen LogP contribution in [0.3, 0.4) is 0 Å². The second-order valence-corrected chi connectivity index (χ2v) is 6.10. The van der Waals surface area contributed by atoms with Crippen molar-refractivity contribution in [2.45, 2.75) is 33.1 Å². The maximum Gasteiger partial charge on any atom is 0.253 e. The van der Waals surface area contributed by atoms with Crippen molar-refractivity contribution >= 4 is 17.5 Å². The van der Waals surface area contributed by atoms with Gasteiger partial charge in [-0.3, -0.25) is 4.79 Å². The van der Waals surface area contributed by atoms with E-state index in [1.54, 1.807) is 17.0 Å². The van der Waals surface area contributed by atoms with E-state index in [1.807, 2.05) is 20.9 Å². The second-order valence-electron chi connectivity index (χ2n) is 5.70. The van der Waals surface area contributed by atoms with Crippen molar-refractivity contribution in [1.29, 1.82) is 0 Å². The molecular weight excluding hydrogens is 302 g/mol. The van der Waals surface area contributed by atoms with Gasteiger partial charge in [0.25, 0.3) is 5.91 Å². The summed E-state index contributed by atoms with van der Waals surface area (Å²) in [6.45, 7) is 5.78. The van der Waals surface area contributed by atoms with Crippen LogP contribution in [0.15, 0.2) is 12.1 Å². The van der Waals surface area contributed by atoms with Gasteiger partial charge in [0.1, 0.15) is 0 Å². The number of rotatable bonds is 8. The van der Waals surface area contributed by atoms with E-state index in [1.165, 1.54) is 12.8 Å². The van der Waals surface area contributed by atoms with Gasteiger partial charge in [0.2, 0.25) is 0 Å². The maximum atomic E-state index is 12.5. The minimum atomic E-state index is -0.0307. The third kappa shape index (κ3) is 4.29. The lowest BCUT2D eigenvalue weighted by Gasteiger charge is -2.19. The molecule has 1 aliphatic rings. The summed E-state index contributed by atoms with van der Waals surface area (Å²) >= 11 is 6.30. The van der Waals surface area contributed by atoms with Crippen LogP contribution in [-0.4, -0.2) is 37.6 Å². The number of hydrogen-bond acceptors (Lipinski definition) is 3. The van der Waals surface area contributed by atoms with Gasteiger partial charge in [-0.25, -0.2) is 0 Å². The lowest BCUT2D eigenvalue weighted by molar-refractivity contribution is 0.0788. The maximum absolute atomic E-state index is 12.5. The molecule has 22 heavy (non-hydrogen) atoms. The molecule has 4 nitrogen and oxygen atoms in total. The summed E-state index contributed by atoms with van der Waals surface area (Å²) in [7, 11) is 1.83. The number of nitrogens with zero attached hydrogens (tertiary/aromatic N) is 1. The van der Waals surface area contributed by atoms with Crippen LogP contribution in [0.4, 0.5) is 0 Å². The van der Waals surface area contributed by atoms with Gasteiger partial charge in [0.15, 0.2) is 11.5 Å². The Kier molecular flexibility index (Phi) is 5.95. The lowest BCUT2D eigenvalue weighted by Crippen LogP contribution is -2.28. The highest BCUT2D eigenvalue weighted by Gasteiger charge is 2.26. The molecule has 0 spiro atoms. The van der Waals surface area contributed by atoms with Crippen LogP contribution in [-0.2, 0) is 0 Å². The SMILES string of the molecule is CCCOc1c(Cl)cc(C(=O)N(C)CC2CC2)cc1OCC. The zero-order chi connectivity index (χ0) is 16.1. The normalized spacial score (nSPS) is 13.8. The molecule has 1 aliphatic carbocycles. The molecular formula is C17H24ClNO3. The fourth-order valence-corrected chi connectivity index (χ4v) is 2.55. The molecule has 0 N–H and O–H groups in total. The first-order valence-electron chi connectivity index (χ1n) is 7.91. The van der Waals surface area contributed by atoms with Gasteiger partial charge in [-0.2, -0.15) is 0 Å². The van der Waals surface area contributed by atoms with Crippen LogP contribution in [0.5, 0.6) is 11.5 Å². The minimum absolute atomic E-state index is 0.0307. The first kappa shape index (κ1) is 16.9. The first-order chi connectivity index (χ1) is 10.6. The van der Waals surface area contributed by atoms with Crippen LogP contribution in [0.1, 0.15) is 43.5 Å². The smallest absolute Gasteiger partial charge is 0.253 e. The molecule has 2 rings (SSSR count). The third-order valence-electron chi connectivity index (χ3n) is 3.58. The average Bonchev–Trinajstić information content (AvgIpc) is 3.29. The van der Waals surface area contributed by atoms with Crippen LogP contribution >= 0.6 is 11.6 Å². The molecule has 0 radical (unpaired) electrons. The Morgan fingerprint density at radius 2 is 2.05 bits per heavy atom. The van der Waals surface area contributed by atoms with E-state index >= 15 is 0 Å². The van der Waals surface area contributed by atoms with E-state index in [0.717, 1.165) is 13.0 Å². The molecule has 1 fully saturated rings. The minimum Gasteiger partial charge on any atom is -0.490 e. The van der Waals surface area contributed by atoms with E-state index in [-0.39, 0.29) is 5.91 Å². The van der Waals surface area contributed by atoms with Gasteiger partial charge in [0.05, 0.1) is 18.2 Å². The fourth-order valence-electron chi connectivity index (χ4n) is 2.29. The van der Waals surface area contributed by atoms with Crippen molar-refractivity contribution in [2.75, 3.05) is 26.8 Å². The predicted molar refractivity (Wildman–Crippen MR) is 88.1 cm³/mol. The summed E-state index contributed by atoms with van der Waals surface area (Å²) in [4.78, 5) is 14.3. The number of carbonyl (C=O) groups is 1. The number of amides is 1. The van der Waals surface area contributed by atoms with Gasteiger partial charge < -0.3 is 14.4 Å². The molecule has 0 heterocycles. The number of benzene rings is 1. The standard InChI is InChI=1S/C17H24ClNO3/c1-4-8-22-16-14(18)9-13(10-15(16)21-5-2)17(20)19(3)11-12-6-7-12/h9-10,12H,4-8,11H2,1-3H3. The zero-order valence-electron chi connectivity index (χ0n) is 13.5. The number of hydrogen-bond donors (Lipinski definition) is 0. The van der Waals surface area contributed by atoms with Gasteiger partial charge in [-0.05, 0) is 44.2 Å². The van der Waals surface area contributed by atoms with Crippen LogP contribution in [0.2, 0.25) is 5.02 Å². The number of halogens is 1. The van der Waals surface area contributed by atoms with Gasteiger partial charge >= 0.3 is 0 Å². The van der Waals surface area contributed by atoms with E-state index in [2.05, 4.69) is 0 Å². The first-order valence-corrected chi connectivity index (χ1v) is 8.29. The van der Waals surface area contributed by atoms with Crippen LogP contribution < -0.4 is 9.47 Å². The van der Waals surface area contributed by atoms with E-state index < -0.39 is 0 Å². The van der Waals surface area contributed by atoms with Crippen molar-refractivity contribution in [1.82, 2.24) is 4.90 Å². The number of ether oxygens (including phenoxy) is 2. The van der Waals surface area contributed by atoms with E-state index in [4.69, 9.17) is 21.1 Å². The van der Waals surface area contributed by atoms with Gasteiger partial charge in [-0.15, -0.1) is 0 Å². The quantitative estimate of drug-likeness (QED) is 0.725. The van der Waals surface area contributed by atoms with E-state index in [9.17, 15) is 4.79 Å². The zero-order valence-corrected chi connectivity index (χ0v) is 14.3. The fraction of sp³-hybridized carbons (Fsp3) is 0.588. The Bertz CT molecular complexity index is 529. The van der Waals surface area contributed by atoms with Crippen molar-refractivity contribution in [3.8, 4) is 11.5 Å². The van der Waals surface area contributed by atoms with Crippen LogP contribution in [0, 0.1) is 5.92 Å². The Balaban J connectivity index is 2.21. The van der Waals surface area contributed by atoms with Crippen molar-refractivity contribution < 1.29 is 14.3 Å². The Labute approximate surface area is 137 Å². The highest BCUT2D eigenvalue weighted by molar-refractivity contribution is 6.32. The van der Waals surface area contributed by atoms with Gasteiger partial charge in [0, 0.05) is 19.2 Å². The Morgan fingerprint density at radius 3 is 2.64 bits per heavy atom. The summed E-state index contributed by atoms with van der Waals surface area (Å²) in [5.41, 5.74) is 0.542. The summed E-state index contributed by atoms with van der Waals surface area (Å²) in [6, 6.07) is 3.40. The highest BCUT2D eigenvalue weighted by atomic mass is 35.5. The lowest BCUT2D eigenvalue weighted by atomic mass is 10.1. The highest BCUT2D eigenvalue weighted by Crippen LogP contribution is 2.37. The molecule has 0 aromatic heterocycles.